The number of carbonyl (C=O) groups is 2. The van der Waals surface area contributed by atoms with Crippen LogP contribution in [0.25, 0.3) is 0 Å². The van der Waals surface area contributed by atoms with E-state index in [9.17, 15) is 14.7 Å². The Kier molecular flexibility index (Phi) is 7.62. The quantitative estimate of drug-likeness (QED) is 0.578. The molecule has 0 aliphatic carbocycles. The highest BCUT2D eigenvalue weighted by Gasteiger charge is 2.27. The predicted octanol–water partition coefficient (Wildman–Crippen LogP) is 3.65. The van der Waals surface area contributed by atoms with Gasteiger partial charge >= 0.3 is 12.1 Å². The molecule has 8 heteroatoms. The summed E-state index contributed by atoms with van der Waals surface area (Å²) < 4.78 is 15.8. The fourth-order valence-electron chi connectivity index (χ4n) is 2.59. The molecule has 0 saturated carbocycles. The van der Waals surface area contributed by atoms with Gasteiger partial charge in [-0.05, 0) is 42.8 Å². The van der Waals surface area contributed by atoms with Crippen molar-refractivity contribution in [1.29, 1.82) is 0 Å². The Bertz CT molecular complexity index is 877. The lowest BCUT2D eigenvalue weighted by Crippen LogP contribution is -2.27. The molecule has 2 atom stereocenters. The number of nitrogens with one attached hydrogen (secondary N) is 1. The van der Waals surface area contributed by atoms with Crippen molar-refractivity contribution < 1.29 is 34.0 Å². The second kappa shape index (κ2) is 10.1. The lowest BCUT2D eigenvalue weighted by atomic mass is 10.0. The molecular formula is C21H23NO7. The van der Waals surface area contributed by atoms with E-state index < -0.39 is 24.3 Å². The molecule has 0 aliphatic rings. The van der Waals surface area contributed by atoms with E-state index in [2.05, 4.69) is 5.32 Å². The van der Waals surface area contributed by atoms with E-state index in [0.29, 0.717) is 11.3 Å². The molecule has 0 bridgehead atoms. The van der Waals surface area contributed by atoms with E-state index in [1.54, 1.807) is 18.2 Å². The maximum Gasteiger partial charge on any atom is 0.412 e. The van der Waals surface area contributed by atoms with Crippen LogP contribution in [0.5, 0.6) is 11.5 Å². The molecule has 8 nitrogen and oxygen atoms in total. The van der Waals surface area contributed by atoms with Gasteiger partial charge in [-0.15, -0.1) is 0 Å². The monoisotopic (exact) mass is 401 g/mol. The third-order valence-corrected chi connectivity index (χ3v) is 4.06. The van der Waals surface area contributed by atoms with Crippen LogP contribution in [-0.4, -0.2) is 42.6 Å². The fraction of sp³-hybridized carbons (Fsp3) is 0.238. The number of carboxylic acid groups (broad SMARTS) is 1. The Hall–Kier alpha value is -3.52. The molecule has 29 heavy (non-hydrogen) atoms. The van der Waals surface area contributed by atoms with Gasteiger partial charge in [0.2, 0.25) is 0 Å². The molecule has 2 aromatic carbocycles. The number of ether oxygens (including phenoxy) is 3. The number of anilines is 1. The number of phenols is 1. The fourth-order valence-corrected chi connectivity index (χ4v) is 2.59. The van der Waals surface area contributed by atoms with Crippen molar-refractivity contribution in [3.05, 3.63) is 65.7 Å². The average molecular weight is 401 g/mol. The molecule has 0 radical (unpaired) electrons. The number of carboxylic acids is 1. The highest BCUT2D eigenvalue weighted by atomic mass is 16.6. The molecule has 2 rings (SSSR count). The van der Waals surface area contributed by atoms with Crippen LogP contribution in [0.2, 0.25) is 0 Å². The summed E-state index contributed by atoms with van der Waals surface area (Å²) in [5, 5.41) is 21.6. The summed E-state index contributed by atoms with van der Waals surface area (Å²) in [6.45, 7) is 1.92. The largest absolute Gasteiger partial charge is 0.504 e. The van der Waals surface area contributed by atoms with Gasteiger partial charge in [-0.25, -0.2) is 9.59 Å². The first-order chi connectivity index (χ1) is 13.8. The number of rotatable bonds is 8. The number of hydrogen-bond acceptors (Lipinski definition) is 6. The topological polar surface area (TPSA) is 114 Å². The number of aryl methyl sites for hydroxylation is 1. The van der Waals surface area contributed by atoms with Crippen LogP contribution in [0.1, 0.15) is 17.2 Å². The summed E-state index contributed by atoms with van der Waals surface area (Å²) in [5.41, 5.74) is 1.96. The van der Waals surface area contributed by atoms with Crippen molar-refractivity contribution in [1.82, 2.24) is 0 Å². The number of hydrogen-bond donors (Lipinski definition) is 3. The molecule has 0 unspecified atom stereocenters. The van der Waals surface area contributed by atoms with Gasteiger partial charge in [0.1, 0.15) is 6.10 Å². The molecule has 0 spiro atoms. The summed E-state index contributed by atoms with van der Waals surface area (Å²) in [6, 6.07) is 11.6. The third-order valence-electron chi connectivity index (χ3n) is 4.06. The number of carbonyl (C=O) groups excluding carboxylic acids is 1. The van der Waals surface area contributed by atoms with Crippen LogP contribution >= 0.6 is 0 Å². The number of aromatic hydroxyl groups is 1. The van der Waals surface area contributed by atoms with Crippen molar-refractivity contribution in [3.8, 4) is 11.5 Å². The minimum absolute atomic E-state index is 0.158. The van der Waals surface area contributed by atoms with Gasteiger partial charge in [0, 0.05) is 18.9 Å². The molecule has 0 fully saturated rings. The second-order valence-electron chi connectivity index (χ2n) is 6.15. The average Bonchev–Trinajstić information content (AvgIpc) is 2.69. The lowest BCUT2D eigenvalue weighted by molar-refractivity contribution is -0.131. The number of benzene rings is 2. The van der Waals surface area contributed by atoms with Gasteiger partial charge in [-0.1, -0.05) is 23.8 Å². The van der Waals surface area contributed by atoms with Crippen LogP contribution in [0.4, 0.5) is 10.5 Å². The first-order valence-electron chi connectivity index (χ1n) is 8.69. The third kappa shape index (κ3) is 6.25. The Balaban J connectivity index is 2.29. The SMILES string of the molecule is COc1ccc([C@H](OC(=O)Nc2ccc(C)cc2)[C@H](/C=C/C(=O)O)OC)cc1O. The van der Waals surface area contributed by atoms with Crippen LogP contribution in [0, 0.1) is 6.92 Å². The van der Waals surface area contributed by atoms with E-state index in [1.807, 2.05) is 19.1 Å². The van der Waals surface area contributed by atoms with Crippen LogP contribution in [-0.2, 0) is 14.3 Å². The van der Waals surface area contributed by atoms with Crippen LogP contribution < -0.4 is 10.1 Å². The molecule has 0 heterocycles. The van der Waals surface area contributed by atoms with E-state index in [1.165, 1.54) is 32.4 Å². The Morgan fingerprint density at radius 3 is 2.34 bits per heavy atom. The minimum atomic E-state index is -1.17. The molecule has 3 N–H and O–H groups in total. The highest BCUT2D eigenvalue weighted by Crippen LogP contribution is 2.33. The Morgan fingerprint density at radius 2 is 1.79 bits per heavy atom. The van der Waals surface area contributed by atoms with Crippen LogP contribution in [0.3, 0.4) is 0 Å². The molecule has 2 aromatic rings. The van der Waals surface area contributed by atoms with Crippen molar-refractivity contribution >= 4 is 17.7 Å². The summed E-state index contributed by atoms with van der Waals surface area (Å²) in [5.74, 6) is -1.09. The number of phenolic OH excluding ortho intramolecular Hbond substituents is 1. The van der Waals surface area contributed by atoms with E-state index >= 15 is 0 Å². The van der Waals surface area contributed by atoms with Crippen molar-refractivity contribution in [2.24, 2.45) is 0 Å². The lowest BCUT2D eigenvalue weighted by Gasteiger charge is -2.24. The molecule has 0 aliphatic heterocycles. The predicted molar refractivity (Wildman–Crippen MR) is 106 cm³/mol. The first-order valence-corrected chi connectivity index (χ1v) is 8.69. The zero-order valence-corrected chi connectivity index (χ0v) is 16.3. The van der Waals surface area contributed by atoms with Gasteiger partial charge in [-0.2, -0.15) is 0 Å². The molecule has 1 amide bonds. The number of aliphatic carboxylic acids is 1. The van der Waals surface area contributed by atoms with Crippen molar-refractivity contribution in [3.63, 3.8) is 0 Å². The number of methoxy groups -OCH3 is 2. The zero-order chi connectivity index (χ0) is 21.4. The molecule has 154 valence electrons. The molecule has 0 saturated heterocycles. The van der Waals surface area contributed by atoms with Crippen molar-refractivity contribution in [2.45, 2.75) is 19.1 Å². The summed E-state index contributed by atoms with van der Waals surface area (Å²) >= 11 is 0. The van der Waals surface area contributed by atoms with Gasteiger partial charge < -0.3 is 24.4 Å². The number of amides is 1. The molecule has 0 aromatic heterocycles. The normalized spacial score (nSPS) is 12.9. The summed E-state index contributed by atoms with van der Waals surface area (Å²) in [7, 11) is 2.76. The maximum absolute atomic E-state index is 12.4. The summed E-state index contributed by atoms with van der Waals surface area (Å²) in [4.78, 5) is 23.3. The van der Waals surface area contributed by atoms with Crippen LogP contribution in [0.15, 0.2) is 54.6 Å². The molecular weight excluding hydrogens is 378 g/mol. The van der Waals surface area contributed by atoms with Crippen molar-refractivity contribution in [2.75, 3.05) is 19.5 Å². The Morgan fingerprint density at radius 1 is 1.10 bits per heavy atom. The van der Waals surface area contributed by atoms with E-state index in [4.69, 9.17) is 19.3 Å². The van der Waals surface area contributed by atoms with Gasteiger partial charge in [0.05, 0.1) is 7.11 Å². The first kappa shape index (κ1) is 21.8. The van der Waals surface area contributed by atoms with E-state index in [0.717, 1.165) is 11.6 Å². The standard InChI is InChI=1S/C21H23NO7/c1-13-4-7-15(8-5-13)22-21(26)29-20(18(28-3)10-11-19(24)25)14-6-9-17(27-2)16(23)12-14/h4-12,18,20,23H,1-3H3,(H,22,26)(H,24,25)/b11-10+/t18-,20-/m0/s1. The van der Waals surface area contributed by atoms with Gasteiger partial charge in [-0.3, -0.25) is 5.32 Å². The van der Waals surface area contributed by atoms with E-state index in [-0.39, 0.29) is 11.5 Å². The minimum Gasteiger partial charge on any atom is -0.504 e. The second-order valence-corrected chi connectivity index (χ2v) is 6.15. The summed E-state index contributed by atoms with van der Waals surface area (Å²) in [6.07, 6.45) is -0.556. The maximum atomic E-state index is 12.4. The smallest absolute Gasteiger partial charge is 0.412 e. The Labute approximate surface area is 168 Å². The zero-order valence-electron chi connectivity index (χ0n) is 16.3. The van der Waals surface area contributed by atoms with Gasteiger partial charge in [0.25, 0.3) is 0 Å². The highest BCUT2D eigenvalue weighted by molar-refractivity contribution is 5.85. The van der Waals surface area contributed by atoms with Gasteiger partial charge in [0.15, 0.2) is 17.6 Å².